The Kier molecular flexibility index (Phi) is 43.0. The zero-order valence-electron chi connectivity index (χ0n) is 58.0. The Morgan fingerprint density at radius 3 is 1.22 bits per heavy atom. The van der Waals surface area contributed by atoms with E-state index in [1.54, 1.807) is 0 Å². The molecule has 12 amide bonds. The Bertz CT molecular complexity index is 2950. The molecule has 102 heavy (non-hydrogen) atoms. The van der Waals surface area contributed by atoms with E-state index in [0.29, 0.717) is 24.8 Å². The Hall–Kier alpha value is -8.87. The average molecular weight is 1480 g/mol. The van der Waals surface area contributed by atoms with Gasteiger partial charge in [0.05, 0.1) is 18.6 Å². The summed E-state index contributed by atoms with van der Waals surface area (Å²) in [7, 11) is 0. The zero-order valence-corrected chi connectivity index (χ0v) is 59.8. The summed E-state index contributed by atoms with van der Waals surface area (Å²) in [4.78, 5) is 178. The molecule has 0 saturated carbocycles. The number of aliphatic hydroxyl groups excluding tert-OH is 1. The van der Waals surface area contributed by atoms with Gasteiger partial charge < -0.3 is 130 Å². The van der Waals surface area contributed by atoms with Crippen LogP contribution >= 0.6 is 25.3 Å². The van der Waals surface area contributed by atoms with Crippen LogP contribution in [0.5, 0.6) is 5.75 Å². The van der Waals surface area contributed by atoms with Crippen molar-refractivity contribution in [2.45, 2.75) is 207 Å². The third-order valence-electron chi connectivity index (χ3n) is 15.4. The minimum atomic E-state index is -1.89. The monoisotopic (exact) mass is 1480 g/mol. The van der Waals surface area contributed by atoms with Gasteiger partial charge >= 0.3 is 5.97 Å². The standard InChI is InChI=1S/C61H109N23O16S2/c1-5-6-11-41(58(99)100)80-49(90)37(14-10-27-73-60(70)71)75-51(92)38(19-23-63)78-55(96)43(30-101)82-50(91)35(12-7-8-22-62)74-52(93)39(20-24-64)79-56(97)45(31(2)85)83-53(94)40(21-25-65)77-48(89)36(13-9-26-72-59(68)69)76-54(95)42(29-44(67)87)81-57(98)46(61(3,4)102)84-47(88)34(66)28-32-15-17-33(86)18-16-32/h15-18,31,34-43,45-46,85-86,101-102H,5-14,19-30,62-66H2,1-4H3,(H2,67,87)(H,74,93)(H,75,92)(H,76,95)(H,77,89)(H,78,96)(H,79,97)(H,80,90)(H,81,98)(H,82,91)(H,83,94)(H,84,88)(H,99,100)(H4,68,69,72)(H4,70,71,73)/t31-,34+,35+,36+,37+,38+,39-,40+,41+,42+,43+,45+,46-/m1/s1. The number of carbonyl (C=O) groups is 13. The summed E-state index contributed by atoms with van der Waals surface area (Å²) in [5.41, 5.74) is 46.4. The van der Waals surface area contributed by atoms with E-state index in [-0.39, 0.29) is 127 Å². The molecule has 13 atom stereocenters. The Morgan fingerprint density at radius 2 is 0.843 bits per heavy atom. The Balaban J connectivity index is 3.49. The smallest absolute Gasteiger partial charge is 0.326 e. The van der Waals surface area contributed by atoms with E-state index in [4.69, 9.17) is 56.7 Å². The number of carboxylic acid groups (broad SMARTS) is 1. The fourth-order valence-corrected chi connectivity index (χ4v) is 10.2. The fraction of sp³-hybridized carbons (Fsp3) is 0.656. The van der Waals surface area contributed by atoms with Gasteiger partial charge in [0.25, 0.3) is 0 Å². The van der Waals surface area contributed by atoms with E-state index in [1.807, 2.05) is 6.92 Å². The summed E-state index contributed by atoms with van der Waals surface area (Å²) in [6.07, 6.45) is -1.89. The third-order valence-corrected chi connectivity index (χ3v) is 16.1. The van der Waals surface area contributed by atoms with Gasteiger partial charge in [0.2, 0.25) is 70.9 Å². The number of rotatable bonds is 51. The minimum Gasteiger partial charge on any atom is -0.508 e. The van der Waals surface area contributed by atoms with Gasteiger partial charge in [-0.15, -0.1) is 0 Å². The number of aliphatic carboxylic acids is 1. The van der Waals surface area contributed by atoms with Gasteiger partial charge in [-0.25, -0.2) is 4.79 Å². The molecule has 0 unspecified atom stereocenters. The number of unbranched alkanes of at least 4 members (excludes halogenated alkanes) is 2. The molecule has 39 nitrogen and oxygen atoms in total. The molecule has 0 heterocycles. The van der Waals surface area contributed by atoms with Crippen molar-refractivity contribution in [3.8, 4) is 5.75 Å². The van der Waals surface area contributed by atoms with Crippen molar-refractivity contribution in [2.24, 2.45) is 45.9 Å². The SMILES string of the molecule is CCCC[C@H](NC(=O)[C@H](CCCNC(=N)N)NC(=O)[C@H](CCN)NC(=O)[C@H](CS)NC(=O)[C@H](CCCCN)NC(=O)[C@@H](CCN)NC(=O)[C@@H](NC(=O)[C@H](CCN)NC(=O)[C@H](CCCNC(=N)N)NC(=O)[C@H](CC(N)=O)NC(=O)[C@@H](NC(=O)[C@@H](N)Cc1ccc(O)cc1)C(C)(C)S)[C@@H](C)O)C(=O)O. The second-order valence-corrected chi connectivity index (χ2v) is 26.2. The normalized spacial score (nSPS) is 15.0. The molecule has 34 N–H and O–H groups in total. The van der Waals surface area contributed by atoms with E-state index in [0.717, 1.165) is 6.92 Å². The number of carboxylic acids is 1. The number of guanidine groups is 2. The van der Waals surface area contributed by atoms with Crippen LogP contribution in [0.3, 0.4) is 0 Å². The van der Waals surface area contributed by atoms with Crippen LogP contribution in [0.15, 0.2) is 24.3 Å². The molecule has 0 radical (unpaired) electrons. The van der Waals surface area contributed by atoms with Gasteiger partial charge in [-0.1, -0.05) is 31.9 Å². The van der Waals surface area contributed by atoms with Crippen LogP contribution < -0.4 is 115 Å². The first-order valence-corrected chi connectivity index (χ1v) is 34.4. The topological polar surface area (TPSA) is 695 Å². The second-order valence-electron chi connectivity index (χ2n) is 24.7. The molecule has 1 aromatic rings. The van der Waals surface area contributed by atoms with Crippen molar-refractivity contribution in [3.63, 3.8) is 0 Å². The summed E-state index contributed by atoms with van der Waals surface area (Å²) in [6.45, 7) is 5.40. The molecule has 1 rings (SSSR count). The van der Waals surface area contributed by atoms with Crippen LogP contribution in [-0.4, -0.2) is 232 Å². The summed E-state index contributed by atoms with van der Waals surface area (Å²) in [5.74, 6) is -14.6. The number of hydrogen-bond acceptors (Lipinski definition) is 24. The van der Waals surface area contributed by atoms with Crippen molar-refractivity contribution in [2.75, 3.05) is 45.0 Å². The van der Waals surface area contributed by atoms with Crippen LogP contribution in [0.2, 0.25) is 0 Å². The van der Waals surface area contributed by atoms with E-state index in [2.05, 4.69) is 94.4 Å². The lowest BCUT2D eigenvalue weighted by atomic mass is 9.99. The molecule has 41 heteroatoms. The van der Waals surface area contributed by atoms with Gasteiger partial charge in [0, 0.05) is 23.6 Å². The lowest BCUT2D eigenvalue weighted by Crippen LogP contribution is -2.63. The molecular weight excluding hydrogens is 1370 g/mol. The number of phenolic OH excluding ortho intramolecular Hbond substituents is 1. The Morgan fingerprint density at radius 1 is 0.480 bits per heavy atom. The van der Waals surface area contributed by atoms with Crippen molar-refractivity contribution >= 4 is 114 Å². The van der Waals surface area contributed by atoms with E-state index < -0.39 is 173 Å². The van der Waals surface area contributed by atoms with Crippen molar-refractivity contribution < 1.29 is 77.6 Å². The highest BCUT2D eigenvalue weighted by Gasteiger charge is 2.40. The molecule has 0 spiro atoms. The number of aliphatic hydroxyl groups is 1. The molecule has 0 saturated heterocycles. The highest BCUT2D eigenvalue weighted by Crippen LogP contribution is 2.20. The molecule has 1 aromatic carbocycles. The number of nitrogens with one attached hydrogen (secondary N) is 15. The first kappa shape index (κ1) is 91.1. The molecular formula is C61H109N23O16S2. The highest BCUT2D eigenvalue weighted by atomic mass is 32.1. The lowest BCUT2D eigenvalue weighted by Gasteiger charge is -2.32. The van der Waals surface area contributed by atoms with Crippen molar-refractivity contribution in [1.82, 2.24) is 69.1 Å². The summed E-state index contributed by atoms with van der Waals surface area (Å²) in [5, 5.41) is 77.5. The maximum absolute atomic E-state index is 14.3. The van der Waals surface area contributed by atoms with Crippen molar-refractivity contribution in [3.05, 3.63) is 29.8 Å². The molecule has 0 fully saturated rings. The molecule has 0 bridgehead atoms. The molecule has 0 aliphatic rings. The first-order chi connectivity index (χ1) is 48.0. The van der Waals surface area contributed by atoms with Gasteiger partial charge in [0.1, 0.15) is 72.2 Å². The average Bonchev–Trinajstić information content (AvgIpc) is 0.850. The van der Waals surface area contributed by atoms with Crippen LogP contribution in [0.25, 0.3) is 0 Å². The van der Waals surface area contributed by atoms with E-state index >= 15 is 0 Å². The number of carbonyl (C=O) groups excluding carboxylic acids is 12. The number of nitrogens with two attached hydrogens (primary N) is 8. The van der Waals surface area contributed by atoms with Gasteiger partial charge in [-0.05, 0) is 142 Å². The van der Waals surface area contributed by atoms with Crippen molar-refractivity contribution in [1.29, 1.82) is 10.8 Å². The maximum Gasteiger partial charge on any atom is 0.326 e. The maximum atomic E-state index is 14.3. The third kappa shape index (κ3) is 35.1. The minimum absolute atomic E-state index is 0.00800. The fourth-order valence-electron chi connectivity index (χ4n) is 9.81. The quantitative estimate of drug-likeness (QED) is 0.0125. The summed E-state index contributed by atoms with van der Waals surface area (Å²) in [6, 6.07) is -12.4. The lowest BCUT2D eigenvalue weighted by molar-refractivity contribution is -0.142. The van der Waals surface area contributed by atoms with E-state index in [9.17, 15) is 77.6 Å². The van der Waals surface area contributed by atoms with Crippen LogP contribution in [0, 0.1) is 10.8 Å². The number of aromatic hydroxyl groups is 1. The predicted molar refractivity (Wildman–Crippen MR) is 383 cm³/mol. The van der Waals surface area contributed by atoms with Crippen LogP contribution in [0.4, 0.5) is 0 Å². The number of primary amides is 1. The highest BCUT2D eigenvalue weighted by molar-refractivity contribution is 7.81. The van der Waals surface area contributed by atoms with Gasteiger partial charge in [0.15, 0.2) is 11.9 Å². The predicted octanol–water partition coefficient (Wildman–Crippen LogP) is -8.53. The number of amides is 12. The molecule has 576 valence electrons. The number of hydrogen-bond donors (Lipinski definition) is 28. The second kappa shape index (κ2) is 48.1. The van der Waals surface area contributed by atoms with Gasteiger partial charge in [-0.2, -0.15) is 25.3 Å². The van der Waals surface area contributed by atoms with Crippen LogP contribution in [-0.2, 0) is 68.7 Å². The number of phenols is 1. The largest absolute Gasteiger partial charge is 0.508 e. The Labute approximate surface area is 603 Å². The van der Waals surface area contributed by atoms with Gasteiger partial charge in [-0.3, -0.25) is 68.4 Å². The summed E-state index contributed by atoms with van der Waals surface area (Å²) < 4.78 is -1.35. The molecule has 0 aromatic heterocycles. The summed E-state index contributed by atoms with van der Waals surface area (Å²) >= 11 is 8.74. The number of benzene rings is 1. The van der Waals surface area contributed by atoms with Crippen LogP contribution in [0.1, 0.15) is 123 Å². The molecule has 0 aliphatic heterocycles. The zero-order chi connectivity index (χ0) is 77.4. The molecule has 0 aliphatic carbocycles. The van der Waals surface area contributed by atoms with E-state index in [1.165, 1.54) is 38.1 Å². The number of thiol groups is 2. The first-order valence-electron chi connectivity index (χ1n) is 33.3.